The van der Waals surface area contributed by atoms with Crippen LogP contribution in [0.4, 0.5) is 4.79 Å². The molecule has 1 fully saturated rings. The summed E-state index contributed by atoms with van der Waals surface area (Å²) < 4.78 is 9.04. The Morgan fingerprint density at radius 3 is 2.64 bits per heavy atom. The molecule has 1 saturated heterocycles. The lowest BCUT2D eigenvalue weighted by atomic mass is 10.2. The Bertz CT molecular complexity index is 231. The first-order chi connectivity index (χ1) is 6.69. The Labute approximate surface area is 82.1 Å². The number of amides is 1. The highest BCUT2D eigenvalue weighted by atomic mass is 16.5. The molecule has 0 saturated carbocycles. The van der Waals surface area contributed by atoms with E-state index in [4.69, 9.17) is 0 Å². The van der Waals surface area contributed by atoms with Crippen molar-refractivity contribution in [3.05, 3.63) is 0 Å². The second kappa shape index (κ2) is 4.80. The normalized spacial score (nSPS) is 21.7. The Morgan fingerprint density at radius 2 is 2.07 bits per heavy atom. The van der Waals surface area contributed by atoms with Crippen LogP contribution in [-0.2, 0) is 14.3 Å². The van der Waals surface area contributed by atoms with Crippen molar-refractivity contribution in [3.63, 3.8) is 0 Å². The summed E-state index contributed by atoms with van der Waals surface area (Å²) in [6.45, 7) is 0.634. The summed E-state index contributed by atoms with van der Waals surface area (Å²) in [6.07, 6.45) is 0.973. The summed E-state index contributed by atoms with van der Waals surface area (Å²) in [4.78, 5) is 22.1. The lowest BCUT2D eigenvalue weighted by molar-refractivity contribution is -0.146. The Morgan fingerprint density at radius 1 is 1.36 bits per heavy atom. The first kappa shape index (κ1) is 10.8. The number of ether oxygens (including phenoxy) is 2. The van der Waals surface area contributed by atoms with Crippen LogP contribution in [0.1, 0.15) is 12.8 Å². The van der Waals surface area contributed by atoms with Crippen molar-refractivity contribution in [2.24, 2.45) is 0 Å². The zero-order valence-electron chi connectivity index (χ0n) is 8.28. The molecule has 1 N–H and O–H groups in total. The number of carbonyl (C=O) groups excluding carboxylic acids is 2. The average Bonchev–Trinajstić information content (AvgIpc) is 2.64. The Balaban J connectivity index is 2.51. The van der Waals surface area contributed by atoms with E-state index in [0.717, 1.165) is 6.42 Å². The van der Waals surface area contributed by atoms with Crippen LogP contribution in [0.2, 0.25) is 0 Å². The van der Waals surface area contributed by atoms with Crippen LogP contribution in [0.5, 0.6) is 0 Å². The zero-order chi connectivity index (χ0) is 10.6. The molecule has 1 heterocycles. The van der Waals surface area contributed by atoms with Crippen LogP contribution >= 0.6 is 0 Å². The summed E-state index contributed by atoms with van der Waals surface area (Å²) in [5.41, 5.74) is 2.47. The Hall–Kier alpha value is -1.30. The fraction of sp³-hybridized carbons (Fsp3) is 0.750. The van der Waals surface area contributed by atoms with E-state index < -0.39 is 6.09 Å². The summed E-state index contributed by atoms with van der Waals surface area (Å²) in [6, 6.07) is -0.390. The molecule has 1 amide bonds. The van der Waals surface area contributed by atoms with Crippen molar-refractivity contribution in [2.45, 2.75) is 18.9 Å². The van der Waals surface area contributed by atoms with Gasteiger partial charge < -0.3 is 9.47 Å². The van der Waals surface area contributed by atoms with Gasteiger partial charge in [0.2, 0.25) is 0 Å². The van der Waals surface area contributed by atoms with Crippen LogP contribution in [0.25, 0.3) is 0 Å². The molecule has 1 atom stereocenters. The van der Waals surface area contributed by atoms with Crippen molar-refractivity contribution in [2.75, 3.05) is 20.8 Å². The fourth-order valence-corrected chi connectivity index (χ4v) is 1.44. The van der Waals surface area contributed by atoms with E-state index in [0.29, 0.717) is 13.0 Å². The molecule has 0 unspecified atom stereocenters. The van der Waals surface area contributed by atoms with Gasteiger partial charge in [-0.3, -0.25) is 10.2 Å². The predicted molar refractivity (Wildman–Crippen MR) is 47.3 cm³/mol. The van der Waals surface area contributed by atoms with Crippen molar-refractivity contribution >= 4 is 12.1 Å². The summed E-state index contributed by atoms with van der Waals surface area (Å²) in [7, 11) is 2.61. The number of nitrogens with zero attached hydrogens (tertiary/aromatic N) is 1. The van der Waals surface area contributed by atoms with Crippen LogP contribution < -0.4 is 5.43 Å². The molecule has 0 aromatic rings. The van der Waals surface area contributed by atoms with Gasteiger partial charge in [-0.2, -0.15) is 0 Å². The molecule has 6 nitrogen and oxygen atoms in total. The maximum absolute atomic E-state index is 11.2. The van der Waals surface area contributed by atoms with Gasteiger partial charge in [0.05, 0.1) is 14.2 Å². The van der Waals surface area contributed by atoms with E-state index in [9.17, 15) is 9.59 Å². The lowest BCUT2D eigenvalue weighted by Gasteiger charge is -2.21. The lowest BCUT2D eigenvalue weighted by Crippen LogP contribution is -2.48. The van der Waals surface area contributed by atoms with Gasteiger partial charge in [0, 0.05) is 6.54 Å². The third-order valence-corrected chi connectivity index (χ3v) is 2.15. The average molecular weight is 202 g/mol. The minimum absolute atomic E-state index is 0.334. The number of nitrogens with one attached hydrogen (secondary N) is 1. The van der Waals surface area contributed by atoms with Crippen LogP contribution in [0, 0.1) is 0 Å². The highest BCUT2D eigenvalue weighted by molar-refractivity contribution is 5.76. The van der Waals surface area contributed by atoms with E-state index in [1.165, 1.54) is 19.2 Å². The molecule has 6 heteroatoms. The number of hydrogen-bond acceptors (Lipinski definition) is 5. The molecular weight excluding hydrogens is 188 g/mol. The SMILES string of the molecule is COC(=O)NN1CCC[C@H]1C(=O)OC. The number of hydrazine groups is 1. The molecule has 0 radical (unpaired) electrons. The van der Waals surface area contributed by atoms with Gasteiger partial charge in [-0.15, -0.1) is 0 Å². The highest BCUT2D eigenvalue weighted by Crippen LogP contribution is 2.15. The number of rotatable bonds is 2. The second-order valence-corrected chi connectivity index (χ2v) is 2.98. The zero-order valence-corrected chi connectivity index (χ0v) is 8.28. The summed E-state index contributed by atoms with van der Waals surface area (Å²) in [5, 5.41) is 1.54. The van der Waals surface area contributed by atoms with Crippen LogP contribution in [0.15, 0.2) is 0 Å². The van der Waals surface area contributed by atoms with E-state index in [2.05, 4.69) is 14.9 Å². The number of methoxy groups -OCH3 is 2. The highest BCUT2D eigenvalue weighted by Gasteiger charge is 2.32. The summed E-state index contributed by atoms with van der Waals surface area (Å²) >= 11 is 0. The van der Waals surface area contributed by atoms with Gasteiger partial charge in [0.25, 0.3) is 0 Å². The maximum atomic E-state index is 11.2. The topological polar surface area (TPSA) is 67.9 Å². The van der Waals surface area contributed by atoms with E-state index in [1.54, 1.807) is 0 Å². The molecule has 1 aliphatic heterocycles. The van der Waals surface area contributed by atoms with Gasteiger partial charge >= 0.3 is 12.1 Å². The minimum Gasteiger partial charge on any atom is -0.468 e. The van der Waals surface area contributed by atoms with Crippen molar-refractivity contribution in [1.29, 1.82) is 0 Å². The maximum Gasteiger partial charge on any atom is 0.421 e. The van der Waals surface area contributed by atoms with Gasteiger partial charge in [0.1, 0.15) is 6.04 Å². The van der Waals surface area contributed by atoms with Crippen molar-refractivity contribution in [3.8, 4) is 0 Å². The molecule has 0 aromatic carbocycles. The third-order valence-electron chi connectivity index (χ3n) is 2.15. The van der Waals surface area contributed by atoms with E-state index >= 15 is 0 Å². The standard InChI is InChI=1S/C8H14N2O4/c1-13-7(11)6-4-3-5-10(6)9-8(12)14-2/h6H,3-5H2,1-2H3,(H,9,12)/t6-/m0/s1. The largest absolute Gasteiger partial charge is 0.468 e. The molecular formula is C8H14N2O4. The van der Waals surface area contributed by atoms with Crippen molar-refractivity contribution < 1.29 is 19.1 Å². The van der Waals surface area contributed by atoms with E-state index in [1.807, 2.05) is 0 Å². The molecule has 0 bridgehead atoms. The summed E-state index contributed by atoms with van der Waals surface area (Å²) in [5.74, 6) is -0.334. The first-order valence-electron chi connectivity index (χ1n) is 4.38. The van der Waals surface area contributed by atoms with Crippen molar-refractivity contribution in [1.82, 2.24) is 10.4 Å². The monoisotopic (exact) mass is 202 g/mol. The third kappa shape index (κ3) is 2.35. The molecule has 1 rings (SSSR count). The smallest absolute Gasteiger partial charge is 0.421 e. The van der Waals surface area contributed by atoms with E-state index in [-0.39, 0.29) is 12.0 Å². The fourth-order valence-electron chi connectivity index (χ4n) is 1.44. The first-order valence-corrected chi connectivity index (χ1v) is 4.38. The van der Waals surface area contributed by atoms with Gasteiger partial charge in [-0.25, -0.2) is 9.80 Å². The van der Waals surface area contributed by atoms with Crippen LogP contribution in [0.3, 0.4) is 0 Å². The number of esters is 1. The molecule has 0 aromatic heterocycles. The number of carbonyl (C=O) groups is 2. The molecule has 14 heavy (non-hydrogen) atoms. The van der Waals surface area contributed by atoms with Gasteiger partial charge in [-0.05, 0) is 12.8 Å². The van der Waals surface area contributed by atoms with Crippen LogP contribution in [-0.4, -0.2) is 43.9 Å². The Kier molecular flexibility index (Phi) is 3.70. The quantitative estimate of drug-likeness (QED) is 0.633. The second-order valence-electron chi connectivity index (χ2n) is 2.98. The minimum atomic E-state index is -0.569. The molecule has 80 valence electrons. The molecule has 0 aliphatic carbocycles. The molecule has 1 aliphatic rings. The number of hydrogen-bond donors (Lipinski definition) is 1. The van der Waals surface area contributed by atoms with Gasteiger partial charge in [0.15, 0.2) is 0 Å². The molecule has 0 spiro atoms. The van der Waals surface area contributed by atoms with Gasteiger partial charge in [-0.1, -0.05) is 0 Å². The predicted octanol–water partition coefficient (Wildman–Crippen LogP) is -0.105.